The van der Waals surface area contributed by atoms with Gasteiger partial charge in [0.2, 0.25) is 5.91 Å². The van der Waals surface area contributed by atoms with E-state index in [1.807, 2.05) is 24.4 Å². The average molecular weight is 561 g/mol. The lowest BCUT2D eigenvalue weighted by molar-refractivity contribution is -0.122. The van der Waals surface area contributed by atoms with Crippen molar-refractivity contribution in [3.05, 3.63) is 64.2 Å². The molecule has 3 aliphatic rings. The molecule has 200 valence electrons. The molecule has 0 unspecified atom stereocenters. The van der Waals surface area contributed by atoms with Crippen molar-refractivity contribution in [2.45, 2.75) is 19.3 Å². The SMILES string of the molecule is CN1CCN(c2ccnc3ccc(C=C4SC(Nc5cc(NC(=O)C6CCC6)ccc5Cl)=NC4=O)cc23)CC1. The number of nitrogens with one attached hydrogen (secondary N) is 2. The van der Waals surface area contributed by atoms with Crippen molar-refractivity contribution in [1.82, 2.24) is 9.88 Å². The minimum absolute atomic E-state index is 0.0314. The zero-order valence-corrected chi connectivity index (χ0v) is 23.2. The summed E-state index contributed by atoms with van der Waals surface area (Å²) in [6.45, 7) is 3.97. The third-order valence-electron chi connectivity index (χ3n) is 7.46. The number of aromatic nitrogens is 1. The maximum absolute atomic E-state index is 12.8. The van der Waals surface area contributed by atoms with Gasteiger partial charge in [-0.05, 0) is 79.7 Å². The molecule has 39 heavy (non-hydrogen) atoms. The number of piperazine rings is 1. The van der Waals surface area contributed by atoms with E-state index in [1.54, 1.807) is 18.2 Å². The van der Waals surface area contributed by atoms with Gasteiger partial charge in [0.25, 0.3) is 5.91 Å². The van der Waals surface area contributed by atoms with E-state index in [2.05, 4.69) is 49.6 Å². The van der Waals surface area contributed by atoms with Crippen LogP contribution in [0.4, 0.5) is 17.1 Å². The third-order valence-corrected chi connectivity index (χ3v) is 8.68. The highest BCUT2D eigenvalue weighted by Gasteiger charge is 2.26. The highest BCUT2D eigenvalue weighted by atomic mass is 35.5. The van der Waals surface area contributed by atoms with Crippen LogP contribution in [0.5, 0.6) is 0 Å². The van der Waals surface area contributed by atoms with Gasteiger partial charge in [-0.25, -0.2) is 0 Å². The van der Waals surface area contributed by atoms with Crippen LogP contribution in [0.25, 0.3) is 17.0 Å². The first-order chi connectivity index (χ1) is 18.9. The summed E-state index contributed by atoms with van der Waals surface area (Å²) >= 11 is 7.67. The Labute approximate surface area is 236 Å². The van der Waals surface area contributed by atoms with Gasteiger partial charge in [0.05, 0.1) is 21.1 Å². The summed E-state index contributed by atoms with van der Waals surface area (Å²) in [6, 6.07) is 13.4. The number of carbonyl (C=O) groups excluding carboxylic acids is 2. The largest absolute Gasteiger partial charge is 0.368 e. The number of hydrogen-bond donors (Lipinski definition) is 2. The maximum atomic E-state index is 12.8. The summed E-state index contributed by atoms with van der Waals surface area (Å²) in [5.74, 6) is -0.191. The number of thioether (sulfide) groups is 1. The van der Waals surface area contributed by atoms with Gasteiger partial charge in [0.1, 0.15) is 0 Å². The lowest BCUT2D eigenvalue weighted by Gasteiger charge is -2.34. The highest BCUT2D eigenvalue weighted by molar-refractivity contribution is 8.18. The normalized spacial score (nSPS) is 19.3. The Morgan fingerprint density at radius 3 is 2.69 bits per heavy atom. The Kier molecular flexibility index (Phi) is 7.29. The van der Waals surface area contributed by atoms with E-state index < -0.39 is 0 Å². The Morgan fingerprint density at radius 1 is 1.10 bits per heavy atom. The lowest BCUT2D eigenvalue weighted by Crippen LogP contribution is -2.44. The number of amidine groups is 1. The highest BCUT2D eigenvalue weighted by Crippen LogP contribution is 2.34. The summed E-state index contributed by atoms with van der Waals surface area (Å²) in [5.41, 5.74) is 4.24. The second-order valence-electron chi connectivity index (χ2n) is 10.2. The molecule has 2 aliphatic heterocycles. The molecule has 6 rings (SSSR count). The molecule has 3 heterocycles. The molecule has 0 radical (unpaired) electrons. The summed E-state index contributed by atoms with van der Waals surface area (Å²) in [6.07, 6.45) is 6.68. The van der Waals surface area contributed by atoms with E-state index in [0.717, 1.165) is 67.6 Å². The molecule has 2 amide bonds. The van der Waals surface area contributed by atoms with E-state index in [4.69, 9.17) is 11.6 Å². The van der Waals surface area contributed by atoms with E-state index >= 15 is 0 Å². The first-order valence-corrected chi connectivity index (χ1v) is 14.3. The van der Waals surface area contributed by atoms with Crippen molar-refractivity contribution in [3.8, 4) is 0 Å². The third kappa shape index (κ3) is 5.66. The summed E-state index contributed by atoms with van der Waals surface area (Å²) in [4.78, 5) is 39.1. The van der Waals surface area contributed by atoms with Gasteiger partial charge in [-0.15, -0.1) is 0 Å². The number of hydrogen-bond acceptors (Lipinski definition) is 7. The van der Waals surface area contributed by atoms with Crippen LogP contribution >= 0.6 is 23.4 Å². The molecule has 0 atom stereocenters. The lowest BCUT2D eigenvalue weighted by atomic mass is 9.85. The van der Waals surface area contributed by atoms with Gasteiger partial charge >= 0.3 is 0 Å². The van der Waals surface area contributed by atoms with Crippen LogP contribution in [-0.4, -0.2) is 60.1 Å². The fourth-order valence-corrected chi connectivity index (χ4v) is 5.90. The van der Waals surface area contributed by atoms with Crippen LogP contribution in [0.2, 0.25) is 5.02 Å². The second kappa shape index (κ2) is 11.0. The average Bonchev–Trinajstić information content (AvgIpc) is 3.23. The number of nitrogens with zero attached hydrogens (tertiary/aromatic N) is 4. The molecule has 1 aromatic heterocycles. The zero-order chi connectivity index (χ0) is 26.9. The van der Waals surface area contributed by atoms with Crippen molar-refractivity contribution < 1.29 is 9.59 Å². The van der Waals surface area contributed by atoms with Crippen molar-refractivity contribution in [3.63, 3.8) is 0 Å². The number of fused-ring (bicyclic) bond motifs is 1. The van der Waals surface area contributed by atoms with Crippen LogP contribution in [0, 0.1) is 5.92 Å². The molecular weight excluding hydrogens is 532 g/mol. The number of pyridine rings is 1. The minimum Gasteiger partial charge on any atom is -0.368 e. The van der Waals surface area contributed by atoms with Gasteiger partial charge < -0.3 is 20.4 Å². The van der Waals surface area contributed by atoms with Crippen LogP contribution in [-0.2, 0) is 9.59 Å². The fraction of sp³-hybridized carbons (Fsp3) is 0.310. The molecule has 3 aromatic rings. The molecular formula is C29H29ClN6O2S. The summed E-state index contributed by atoms with van der Waals surface area (Å²) in [7, 11) is 2.15. The molecule has 1 aliphatic carbocycles. The van der Waals surface area contributed by atoms with Crippen molar-refractivity contribution in [1.29, 1.82) is 0 Å². The summed E-state index contributed by atoms with van der Waals surface area (Å²) in [5, 5.41) is 8.10. The molecule has 8 nitrogen and oxygen atoms in total. The van der Waals surface area contributed by atoms with E-state index in [9.17, 15) is 9.59 Å². The van der Waals surface area contributed by atoms with Crippen molar-refractivity contribution in [2.24, 2.45) is 10.9 Å². The maximum Gasteiger partial charge on any atom is 0.286 e. The van der Waals surface area contributed by atoms with Crippen LogP contribution in [0.15, 0.2) is 58.6 Å². The van der Waals surface area contributed by atoms with Gasteiger partial charge in [-0.3, -0.25) is 14.6 Å². The molecule has 2 aromatic carbocycles. The minimum atomic E-state index is -0.307. The molecule has 1 saturated heterocycles. The number of benzene rings is 2. The van der Waals surface area contributed by atoms with Crippen molar-refractivity contribution >= 4 is 74.4 Å². The Morgan fingerprint density at radius 2 is 1.92 bits per heavy atom. The first-order valence-electron chi connectivity index (χ1n) is 13.2. The van der Waals surface area contributed by atoms with Crippen molar-refractivity contribution in [2.75, 3.05) is 48.8 Å². The van der Waals surface area contributed by atoms with Gasteiger partial charge in [-0.2, -0.15) is 4.99 Å². The quantitative estimate of drug-likeness (QED) is 0.400. The first kappa shape index (κ1) is 25.9. The standard InChI is InChI=1S/C29H29ClN6O2S/c1-35-11-13-36(14-12-35)25-9-10-31-23-8-5-18(15-21(23)25)16-26-28(38)34-29(39-26)33-24-17-20(6-7-22(24)30)32-27(37)19-3-2-4-19/h5-10,15-17,19H,2-4,11-14H2,1H3,(H,32,37)(H,33,34,38). The molecule has 10 heteroatoms. The van der Waals surface area contributed by atoms with E-state index in [-0.39, 0.29) is 17.7 Å². The number of carbonyl (C=O) groups is 2. The van der Waals surface area contributed by atoms with Gasteiger partial charge in [0, 0.05) is 55.1 Å². The number of amides is 2. The Hall–Kier alpha value is -3.40. The van der Waals surface area contributed by atoms with Gasteiger partial charge in [-0.1, -0.05) is 24.1 Å². The van der Waals surface area contributed by atoms with Crippen LogP contribution in [0.3, 0.4) is 0 Å². The predicted octanol–water partition coefficient (Wildman–Crippen LogP) is 5.46. The van der Waals surface area contributed by atoms with Crippen LogP contribution in [0.1, 0.15) is 24.8 Å². The summed E-state index contributed by atoms with van der Waals surface area (Å²) < 4.78 is 0. The predicted molar refractivity (Wildman–Crippen MR) is 161 cm³/mol. The van der Waals surface area contributed by atoms with Crippen LogP contribution < -0.4 is 15.5 Å². The fourth-order valence-electron chi connectivity index (χ4n) is 4.91. The number of anilines is 3. The smallest absolute Gasteiger partial charge is 0.286 e. The second-order valence-corrected chi connectivity index (χ2v) is 11.6. The number of likely N-dealkylation sites (N-methyl/N-ethyl adjacent to an activating group) is 1. The van der Waals surface area contributed by atoms with E-state index in [0.29, 0.717) is 26.5 Å². The number of halogens is 1. The van der Waals surface area contributed by atoms with Gasteiger partial charge in [0.15, 0.2) is 5.17 Å². The molecule has 1 saturated carbocycles. The topological polar surface area (TPSA) is 89.9 Å². The molecule has 0 spiro atoms. The molecule has 2 fully saturated rings. The zero-order valence-electron chi connectivity index (χ0n) is 21.6. The molecule has 0 bridgehead atoms. The Bertz CT molecular complexity index is 1510. The monoisotopic (exact) mass is 560 g/mol. The molecule has 2 N–H and O–H groups in total. The number of rotatable bonds is 5. The Balaban J connectivity index is 1.18. The van der Waals surface area contributed by atoms with E-state index in [1.165, 1.54) is 11.8 Å². The number of aliphatic imine (C=N–C) groups is 1.